The maximum absolute atomic E-state index is 11.7. The van der Waals surface area contributed by atoms with Gasteiger partial charge in [-0.1, -0.05) is 0 Å². The van der Waals surface area contributed by atoms with Crippen LogP contribution in [0.4, 0.5) is 11.9 Å². The van der Waals surface area contributed by atoms with Crippen LogP contribution >= 0.6 is 11.6 Å². The van der Waals surface area contributed by atoms with Crippen LogP contribution in [0, 0.1) is 0 Å². The SMILES string of the molecule is CC1CS(=O)(=O)CCN1c1nc(Cl)nc(N2CCCC2)n1. The summed E-state index contributed by atoms with van der Waals surface area (Å²) in [6.07, 6.45) is 2.24. The maximum atomic E-state index is 11.7. The van der Waals surface area contributed by atoms with Crippen molar-refractivity contribution < 1.29 is 8.42 Å². The lowest BCUT2D eigenvalue weighted by atomic mass is 10.3. The number of sulfone groups is 1. The van der Waals surface area contributed by atoms with Crippen LogP contribution in [0.1, 0.15) is 19.8 Å². The van der Waals surface area contributed by atoms with Gasteiger partial charge in [-0.05, 0) is 31.4 Å². The van der Waals surface area contributed by atoms with E-state index < -0.39 is 9.84 Å². The molecule has 0 bridgehead atoms. The Morgan fingerprint density at radius 1 is 1.10 bits per heavy atom. The largest absolute Gasteiger partial charge is 0.341 e. The summed E-state index contributed by atoms with van der Waals surface area (Å²) in [5.74, 6) is 1.30. The summed E-state index contributed by atoms with van der Waals surface area (Å²) in [7, 11) is -2.97. The molecule has 3 heterocycles. The Balaban J connectivity index is 1.88. The maximum Gasteiger partial charge on any atom is 0.231 e. The second-order valence-corrected chi connectivity index (χ2v) is 8.12. The molecule has 0 aliphatic carbocycles. The number of aromatic nitrogens is 3. The molecule has 2 aliphatic heterocycles. The summed E-state index contributed by atoms with van der Waals surface area (Å²) >= 11 is 6.02. The van der Waals surface area contributed by atoms with Crippen LogP contribution in [0.5, 0.6) is 0 Å². The second-order valence-electron chi connectivity index (χ2n) is 5.56. The van der Waals surface area contributed by atoms with Gasteiger partial charge in [0.2, 0.25) is 17.2 Å². The van der Waals surface area contributed by atoms with E-state index in [-0.39, 0.29) is 22.8 Å². The monoisotopic (exact) mass is 331 g/mol. The third-order valence-corrected chi connectivity index (χ3v) is 5.86. The lowest BCUT2D eigenvalue weighted by Crippen LogP contribution is -2.47. The molecule has 3 rings (SSSR count). The van der Waals surface area contributed by atoms with Crippen LogP contribution in [0.25, 0.3) is 0 Å². The highest BCUT2D eigenvalue weighted by atomic mass is 35.5. The molecule has 0 spiro atoms. The second kappa shape index (κ2) is 5.57. The van der Waals surface area contributed by atoms with Gasteiger partial charge in [-0.15, -0.1) is 0 Å². The van der Waals surface area contributed by atoms with Crippen LogP contribution in [0.3, 0.4) is 0 Å². The molecule has 0 N–H and O–H groups in total. The number of hydrogen-bond acceptors (Lipinski definition) is 7. The fraction of sp³-hybridized carbons (Fsp3) is 0.750. The molecule has 1 unspecified atom stereocenters. The van der Waals surface area contributed by atoms with Crippen molar-refractivity contribution in [2.24, 2.45) is 0 Å². The lowest BCUT2D eigenvalue weighted by molar-refractivity contribution is 0.564. The van der Waals surface area contributed by atoms with E-state index >= 15 is 0 Å². The first-order chi connectivity index (χ1) is 9.94. The van der Waals surface area contributed by atoms with E-state index in [2.05, 4.69) is 19.9 Å². The van der Waals surface area contributed by atoms with Gasteiger partial charge in [0.15, 0.2) is 9.84 Å². The predicted octanol–water partition coefficient (Wildman–Crippen LogP) is 0.748. The summed E-state index contributed by atoms with van der Waals surface area (Å²) in [5.41, 5.74) is 0. The van der Waals surface area contributed by atoms with Gasteiger partial charge in [-0.2, -0.15) is 15.0 Å². The van der Waals surface area contributed by atoms with Crippen molar-refractivity contribution in [1.82, 2.24) is 15.0 Å². The molecule has 0 saturated carbocycles. The minimum atomic E-state index is -2.97. The van der Waals surface area contributed by atoms with Gasteiger partial charge in [0.05, 0.1) is 11.5 Å². The Morgan fingerprint density at radius 3 is 2.43 bits per heavy atom. The molecule has 0 radical (unpaired) electrons. The summed E-state index contributed by atoms with van der Waals surface area (Å²) in [6.45, 7) is 4.10. The van der Waals surface area contributed by atoms with E-state index in [9.17, 15) is 8.42 Å². The quantitative estimate of drug-likeness (QED) is 0.791. The van der Waals surface area contributed by atoms with Crippen LogP contribution in [-0.4, -0.2) is 60.6 Å². The van der Waals surface area contributed by atoms with E-state index in [4.69, 9.17) is 11.6 Å². The van der Waals surface area contributed by atoms with Gasteiger partial charge in [-0.3, -0.25) is 0 Å². The summed E-state index contributed by atoms with van der Waals surface area (Å²) in [5, 5.41) is 0.155. The molecule has 0 aromatic carbocycles. The van der Waals surface area contributed by atoms with E-state index in [1.165, 1.54) is 0 Å². The average Bonchev–Trinajstić information content (AvgIpc) is 2.90. The Bertz CT molecular complexity index is 633. The highest BCUT2D eigenvalue weighted by molar-refractivity contribution is 7.91. The standard InChI is InChI=1S/C12H18ClN5O2S/c1-9-8-21(19,20)7-6-18(9)12-15-10(13)14-11(16-12)17-4-2-3-5-17/h9H,2-8H2,1H3. The zero-order valence-corrected chi connectivity index (χ0v) is 13.4. The van der Waals surface area contributed by atoms with Crippen molar-refractivity contribution in [3.8, 4) is 0 Å². The predicted molar refractivity (Wildman–Crippen MR) is 81.7 cm³/mol. The molecule has 2 aliphatic rings. The fourth-order valence-electron chi connectivity index (χ4n) is 2.81. The fourth-order valence-corrected chi connectivity index (χ4v) is 4.52. The topological polar surface area (TPSA) is 79.3 Å². The van der Waals surface area contributed by atoms with Crippen molar-refractivity contribution in [3.05, 3.63) is 5.28 Å². The van der Waals surface area contributed by atoms with E-state index in [0.29, 0.717) is 18.4 Å². The molecule has 1 aromatic rings. The first-order valence-electron chi connectivity index (χ1n) is 7.08. The first kappa shape index (κ1) is 14.8. The lowest BCUT2D eigenvalue weighted by Gasteiger charge is -2.33. The summed E-state index contributed by atoms with van der Waals surface area (Å²) in [4.78, 5) is 16.8. The Morgan fingerprint density at radius 2 is 1.76 bits per heavy atom. The van der Waals surface area contributed by atoms with Crippen molar-refractivity contribution >= 4 is 33.3 Å². The number of hydrogen-bond donors (Lipinski definition) is 0. The number of rotatable bonds is 2. The van der Waals surface area contributed by atoms with Gasteiger partial charge in [0.1, 0.15) is 0 Å². The molecular weight excluding hydrogens is 314 g/mol. The minimum Gasteiger partial charge on any atom is -0.341 e. The zero-order valence-electron chi connectivity index (χ0n) is 11.9. The van der Waals surface area contributed by atoms with E-state index in [0.717, 1.165) is 25.9 Å². The van der Waals surface area contributed by atoms with E-state index in [1.807, 2.05) is 11.8 Å². The Hall–Kier alpha value is -1.15. The number of nitrogens with zero attached hydrogens (tertiary/aromatic N) is 5. The average molecular weight is 332 g/mol. The molecule has 2 saturated heterocycles. The Labute approximate surface area is 129 Å². The molecule has 2 fully saturated rings. The van der Waals surface area contributed by atoms with Gasteiger partial charge >= 0.3 is 0 Å². The van der Waals surface area contributed by atoms with E-state index in [1.54, 1.807) is 0 Å². The smallest absolute Gasteiger partial charge is 0.231 e. The molecule has 1 atom stereocenters. The van der Waals surface area contributed by atoms with Gasteiger partial charge in [-0.25, -0.2) is 8.42 Å². The molecule has 0 amide bonds. The third kappa shape index (κ3) is 3.21. The Kier molecular flexibility index (Phi) is 3.92. The molecule has 1 aromatic heterocycles. The molecule has 116 valence electrons. The number of halogens is 1. The summed E-state index contributed by atoms with van der Waals surface area (Å²) < 4.78 is 23.3. The molecule has 7 nitrogen and oxygen atoms in total. The van der Waals surface area contributed by atoms with Crippen LogP contribution in [-0.2, 0) is 9.84 Å². The van der Waals surface area contributed by atoms with Crippen LogP contribution < -0.4 is 9.80 Å². The van der Waals surface area contributed by atoms with Crippen molar-refractivity contribution in [2.75, 3.05) is 40.9 Å². The molecular formula is C12H18ClN5O2S. The zero-order chi connectivity index (χ0) is 15.0. The molecule has 9 heteroatoms. The van der Waals surface area contributed by atoms with Crippen LogP contribution in [0.2, 0.25) is 5.28 Å². The summed E-state index contributed by atoms with van der Waals surface area (Å²) in [6, 6.07) is -0.159. The van der Waals surface area contributed by atoms with Gasteiger partial charge in [0.25, 0.3) is 0 Å². The highest BCUT2D eigenvalue weighted by Crippen LogP contribution is 2.23. The first-order valence-corrected chi connectivity index (χ1v) is 9.28. The molecule has 21 heavy (non-hydrogen) atoms. The number of anilines is 2. The van der Waals surface area contributed by atoms with Crippen molar-refractivity contribution in [2.45, 2.75) is 25.8 Å². The minimum absolute atomic E-state index is 0.120. The van der Waals surface area contributed by atoms with Gasteiger partial charge < -0.3 is 9.80 Å². The normalized spacial score (nSPS) is 25.3. The van der Waals surface area contributed by atoms with Crippen LogP contribution in [0.15, 0.2) is 0 Å². The van der Waals surface area contributed by atoms with Gasteiger partial charge in [0, 0.05) is 25.7 Å². The highest BCUT2D eigenvalue weighted by Gasteiger charge is 2.30. The third-order valence-electron chi connectivity index (χ3n) is 3.90. The van der Waals surface area contributed by atoms with Crippen molar-refractivity contribution in [3.63, 3.8) is 0 Å². The van der Waals surface area contributed by atoms with Crippen molar-refractivity contribution in [1.29, 1.82) is 0 Å².